The molecule has 0 aromatic rings. The van der Waals surface area contributed by atoms with Crippen molar-refractivity contribution in [3.8, 4) is 0 Å². The first kappa shape index (κ1) is 16.0. The largest absolute Gasteiger partial charge is 0.301 e. The highest BCUT2D eigenvalue weighted by Gasteiger charge is 2.16. The van der Waals surface area contributed by atoms with Crippen LogP contribution in [0.4, 0.5) is 0 Å². The summed E-state index contributed by atoms with van der Waals surface area (Å²) < 4.78 is 0. The molecule has 0 amide bonds. The standard InChI is InChI=1S/C9H20N2.C7H14/c1-4-10-5-7-11(8-6-10)9(2)3;1-7-5-3-2-4-6-7/h9H,4-8H2,1-3H3;7H,2-6H2,1H3. The van der Waals surface area contributed by atoms with Gasteiger partial charge in [-0.1, -0.05) is 46.0 Å². The van der Waals surface area contributed by atoms with Gasteiger partial charge in [0, 0.05) is 32.2 Å². The third kappa shape index (κ3) is 6.19. The molecular weight excluding hydrogens is 220 g/mol. The summed E-state index contributed by atoms with van der Waals surface area (Å²) in [5, 5.41) is 0. The van der Waals surface area contributed by atoms with Crippen LogP contribution in [0.5, 0.6) is 0 Å². The number of piperazine rings is 1. The topological polar surface area (TPSA) is 6.48 Å². The minimum atomic E-state index is 0.731. The first-order valence-electron chi connectivity index (χ1n) is 8.09. The smallest absolute Gasteiger partial charge is 0.0113 e. The summed E-state index contributed by atoms with van der Waals surface area (Å²) in [6.07, 6.45) is 7.44. The summed E-state index contributed by atoms with van der Waals surface area (Å²) in [4.78, 5) is 5.06. The van der Waals surface area contributed by atoms with E-state index in [2.05, 4.69) is 37.5 Å². The van der Waals surface area contributed by atoms with Crippen molar-refractivity contribution in [3.63, 3.8) is 0 Å². The van der Waals surface area contributed by atoms with Gasteiger partial charge in [-0.25, -0.2) is 0 Å². The van der Waals surface area contributed by atoms with E-state index < -0.39 is 0 Å². The second-order valence-electron chi connectivity index (χ2n) is 6.31. The van der Waals surface area contributed by atoms with E-state index in [4.69, 9.17) is 0 Å². The van der Waals surface area contributed by atoms with Crippen LogP contribution in [0, 0.1) is 5.92 Å². The fourth-order valence-corrected chi connectivity index (χ4v) is 2.90. The first-order valence-corrected chi connectivity index (χ1v) is 8.09. The van der Waals surface area contributed by atoms with Gasteiger partial charge >= 0.3 is 0 Å². The zero-order chi connectivity index (χ0) is 13.4. The van der Waals surface area contributed by atoms with Crippen molar-refractivity contribution in [1.82, 2.24) is 9.80 Å². The third-order valence-corrected chi connectivity index (χ3v) is 4.48. The van der Waals surface area contributed by atoms with E-state index in [-0.39, 0.29) is 0 Å². The molecule has 2 aliphatic rings. The monoisotopic (exact) mass is 254 g/mol. The summed E-state index contributed by atoms with van der Waals surface area (Å²) in [5.74, 6) is 1.04. The van der Waals surface area contributed by atoms with Crippen LogP contribution >= 0.6 is 0 Å². The molecule has 1 aliphatic carbocycles. The first-order chi connectivity index (χ1) is 8.63. The molecule has 0 aromatic heterocycles. The van der Waals surface area contributed by atoms with Crippen LogP contribution in [0.25, 0.3) is 0 Å². The lowest BCUT2D eigenvalue weighted by Crippen LogP contribution is -2.48. The van der Waals surface area contributed by atoms with Gasteiger partial charge in [0.15, 0.2) is 0 Å². The molecule has 2 rings (SSSR count). The van der Waals surface area contributed by atoms with Crippen LogP contribution < -0.4 is 0 Å². The Kier molecular flexibility index (Phi) is 7.92. The van der Waals surface area contributed by atoms with Crippen LogP contribution in [-0.4, -0.2) is 48.6 Å². The molecule has 1 saturated carbocycles. The van der Waals surface area contributed by atoms with Crippen LogP contribution in [0.2, 0.25) is 0 Å². The van der Waals surface area contributed by atoms with Crippen molar-refractivity contribution in [1.29, 1.82) is 0 Å². The molecule has 0 spiro atoms. The normalized spacial score (nSPS) is 23.8. The van der Waals surface area contributed by atoms with E-state index in [1.165, 1.54) is 64.8 Å². The molecule has 0 atom stereocenters. The molecule has 0 radical (unpaired) electrons. The van der Waals surface area contributed by atoms with Gasteiger partial charge in [-0.2, -0.15) is 0 Å². The lowest BCUT2D eigenvalue weighted by atomic mass is 9.91. The van der Waals surface area contributed by atoms with Gasteiger partial charge in [-0.15, -0.1) is 0 Å². The molecule has 0 N–H and O–H groups in total. The van der Waals surface area contributed by atoms with Gasteiger partial charge in [0.05, 0.1) is 0 Å². The molecular formula is C16H34N2. The third-order valence-electron chi connectivity index (χ3n) is 4.48. The Hall–Kier alpha value is -0.0800. The maximum absolute atomic E-state index is 2.55. The highest BCUT2D eigenvalue weighted by molar-refractivity contribution is 4.72. The van der Waals surface area contributed by atoms with E-state index in [1.807, 2.05) is 0 Å². The zero-order valence-corrected chi connectivity index (χ0v) is 13.1. The van der Waals surface area contributed by atoms with E-state index >= 15 is 0 Å². The van der Waals surface area contributed by atoms with Crippen molar-refractivity contribution >= 4 is 0 Å². The fraction of sp³-hybridized carbons (Fsp3) is 1.00. The van der Waals surface area contributed by atoms with E-state index in [0.29, 0.717) is 0 Å². The highest BCUT2D eigenvalue weighted by atomic mass is 15.3. The van der Waals surface area contributed by atoms with E-state index in [9.17, 15) is 0 Å². The van der Waals surface area contributed by atoms with Gasteiger partial charge < -0.3 is 4.90 Å². The molecule has 2 fully saturated rings. The Labute approximate surface area is 115 Å². The molecule has 2 heteroatoms. The second kappa shape index (κ2) is 8.92. The summed E-state index contributed by atoms with van der Waals surface area (Å²) >= 11 is 0. The second-order valence-corrected chi connectivity index (χ2v) is 6.31. The lowest BCUT2D eigenvalue weighted by Gasteiger charge is -2.36. The number of rotatable bonds is 2. The molecule has 108 valence electrons. The minimum absolute atomic E-state index is 0.731. The molecule has 1 heterocycles. The van der Waals surface area contributed by atoms with Crippen molar-refractivity contribution < 1.29 is 0 Å². The van der Waals surface area contributed by atoms with E-state index in [1.54, 1.807) is 0 Å². The van der Waals surface area contributed by atoms with Gasteiger partial charge in [-0.05, 0) is 26.3 Å². The van der Waals surface area contributed by atoms with Crippen LogP contribution in [0.15, 0.2) is 0 Å². The molecule has 0 bridgehead atoms. The van der Waals surface area contributed by atoms with Crippen molar-refractivity contribution in [2.75, 3.05) is 32.7 Å². The molecule has 1 saturated heterocycles. The Balaban J connectivity index is 0.000000199. The predicted octanol–water partition coefficient (Wildman–Crippen LogP) is 3.62. The predicted molar refractivity (Wildman–Crippen MR) is 81.1 cm³/mol. The Morgan fingerprint density at radius 2 is 1.50 bits per heavy atom. The van der Waals surface area contributed by atoms with Gasteiger partial charge in [0.2, 0.25) is 0 Å². The number of hydrogen-bond acceptors (Lipinski definition) is 2. The summed E-state index contributed by atoms with van der Waals surface area (Å²) in [6.45, 7) is 15.4. The Morgan fingerprint density at radius 3 is 1.83 bits per heavy atom. The van der Waals surface area contributed by atoms with Crippen LogP contribution in [-0.2, 0) is 0 Å². The molecule has 2 nitrogen and oxygen atoms in total. The van der Waals surface area contributed by atoms with Gasteiger partial charge in [0.1, 0.15) is 0 Å². The lowest BCUT2D eigenvalue weighted by molar-refractivity contribution is 0.112. The number of nitrogens with zero attached hydrogens (tertiary/aromatic N) is 2. The number of likely N-dealkylation sites (N-methyl/N-ethyl adjacent to an activating group) is 1. The van der Waals surface area contributed by atoms with Crippen molar-refractivity contribution in [3.05, 3.63) is 0 Å². The van der Waals surface area contributed by atoms with Crippen LogP contribution in [0.3, 0.4) is 0 Å². The zero-order valence-electron chi connectivity index (χ0n) is 13.1. The van der Waals surface area contributed by atoms with Crippen LogP contribution in [0.1, 0.15) is 59.8 Å². The Bertz CT molecular complexity index is 189. The minimum Gasteiger partial charge on any atom is -0.301 e. The van der Waals surface area contributed by atoms with E-state index in [0.717, 1.165) is 12.0 Å². The maximum atomic E-state index is 2.55. The summed E-state index contributed by atoms with van der Waals surface area (Å²) in [6, 6.07) is 0.731. The summed E-state index contributed by atoms with van der Waals surface area (Å²) in [7, 11) is 0. The molecule has 0 aromatic carbocycles. The van der Waals surface area contributed by atoms with Gasteiger partial charge in [0.25, 0.3) is 0 Å². The summed E-state index contributed by atoms with van der Waals surface area (Å²) in [5.41, 5.74) is 0. The SMILES string of the molecule is CC1CCCCC1.CCN1CCN(C(C)C)CC1. The quantitative estimate of drug-likeness (QED) is 0.742. The molecule has 1 aliphatic heterocycles. The van der Waals surface area contributed by atoms with Crippen molar-refractivity contribution in [2.45, 2.75) is 65.8 Å². The van der Waals surface area contributed by atoms with Gasteiger partial charge in [-0.3, -0.25) is 4.90 Å². The average Bonchev–Trinajstić information content (AvgIpc) is 2.40. The fourth-order valence-electron chi connectivity index (χ4n) is 2.90. The number of hydrogen-bond donors (Lipinski definition) is 0. The highest BCUT2D eigenvalue weighted by Crippen LogP contribution is 2.22. The maximum Gasteiger partial charge on any atom is 0.0113 e. The molecule has 0 unspecified atom stereocenters. The Morgan fingerprint density at radius 1 is 0.944 bits per heavy atom. The molecule has 18 heavy (non-hydrogen) atoms. The average molecular weight is 254 g/mol. The van der Waals surface area contributed by atoms with Crippen molar-refractivity contribution in [2.24, 2.45) is 5.92 Å².